The molecule has 2 unspecified atom stereocenters. The van der Waals surface area contributed by atoms with E-state index in [1.165, 1.54) is 4.90 Å². The van der Waals surface area contributed by atoms with Crippen molar-refractivity contribution < 1.29 is 31.6 Å². The standard InChI is InChI=1S/C15H21N5O7S/c21-11(8-2-1-5-16-8)13-18-17-12(26-13)9-6-15(3-4-15)10-7-19(9)14(22)20(10)27-28(23,24)25/h8-11,16,21H,1-7H2,(H,23,24,25)/t8?,9-,10-,11?/m0/s1. The van der Waals surface area contributed by atoms with Gasteiger partial charge in [-0.3, -0.25) is 4.55 Å². The van der Waals surface area contributed by atoms with Crippen molar-refractivity contribution in [3.8, 4) is 0 Å². The second-order valence-electron chi connectivity index (χ2n) is 7.99. The lowest BCUT2D eigenvalue weighted by molar-refractivity contribution is -0.0530. The van der Waals surface area contributed by atoms with E-state index >= 15 is 0 Å². The number of urea groups is 1. The molecule has 5 rings (SSSR count). The van der Waals surface area contributed by atoms with Crippen LogP contribution in [0.15, 0.2) is 4.42 Å². The number of hydrogen-bond acceptors (Lipinski definition) is 9. The second kappa shape index (κ2) is 6.10. The number of hydroxylamine groups is 2. The molecule has 3 saturated heterocycles. The third-order valence-electron chi connectivity index (χ3n) is 6.31. The molecule has 0 radical (unpaired) electrons. The van der Waals surface area contributed by atoms with Crippen LogP contribution >= 0.6 is 0 Å². The van der Waals surface area contributed by atoms with Crippen LogP contribution in [-0.2, 0) is 14.7 Å². The normalized spacial score (nSPS) is 32.4. The van der Waals surface area contributed by atoms with Crippen LogP contribution in [0, 0.1) is 5.41 Å². The molecule has 4 aliphatic rings. The second-order valence-corrected chi connectivity index (χ2v) is 8.99. The maximum atomic E-state index is 12.7. The highest BCUT2D eigenvalue weighted by atomic mass is 32.3. The SMILES string of the molecule is O=C1N2C[C@H](N1OS(=O)(=O)O)C1(CC1)C[C@H]2c1nnc(C(O)C2CCCN2)o1. The highest BCUT2D eigenvalue weighted by Crippen LogP contribution is 2.61. The Morgan fingerprint density at radius 2 is 2.14 bits per heavy atom. The van der Waals surface area contributed by atoms with E-state index in [1.54, 1.807) is 0 Å². The Labute approximate surface area is 160 Å². The summed E-state index contributed by atoms with van der Waals surface area (Å²) in [5.41, 5.74) is -0.307. The molecule has 4 heterocycles. The first kappa shape index (κ1) is 18.2. The third kappa shape index (κ3) is 2.88. The number of nitrogens with zero attached hydrogens (tertiary/aromatic N) is 4. The summed E-state index contributed by atoms with van der Waals surface area (Å²) in [6, 6.07) is -1.82. The predicted molar refractivity (Wildman–Crippen MR) is 89.7 cm³/mol. The van der Waals surface area contributed by atoms with Crippen LogP contribution in [0.3, 0.4) is 0 Å². The van der Waals surface area contributed by atoms with Gasteiger partial charge in [-0.05, 0) is 44.1 Å². The van der Waals surface area contributed by atoms with E-state index in [1.807, 2.05) is 0 Å². The molecular formula is C15H21N5O7S. The minimum Gasteiger partial charge on any atom is -0.420 e. The molecule has 1 saturated carbocycles. The highest BCUT2D eigenvalue weighted by Gasteiger charge is 2.65. The molecule has 1 spiro atoms. The summed E-state index contributed by atoms with van der Waals surface area (Å²) in [6.45, 7) is 1.06. The molecule has 2 amide bonds. The molecule has 154 valence electrons. The van der Waals surface area contributed by atoms with Gasteiger partial charge in [0.15, 0.2) is 0 Å². The summed E-state index contributed by atoms with van der Waals surface area (Å²) in [4.78, 5) is 14.1. The lowest BCUT2D eigenvalue weighted by Gasteiger charge is -2.34. The highest BCUT2D eigenvalue weighted by molar-refractivity contribution is 7.80. The van der Waals surface area contributed by atoms with Crippen molar-refractivity contribution in [2.24, 2.45) is 5.41 Å². The molecule has 1 aromatic heterocycles. The first-order chi connectivity index (χ1) is 13.3. The van der Waals surface area contributed by atoms with Gasteiger partial charge in [0.1, 0.15) is 12.1 Å². The number of rotatable bonds is 5. The molecular weight excluding hydrogens is 394 g/mol. The molecule has 1 aliphatic carbocycles. The Hall–Kier alpha value is -1.80. The number of aromatic nitrogens is 2. The van der Waals surface area contributed by atoms with Crippen LogP contribution in [-0.4, -0.2) is 69.4 Å². The summed E-state index contributed by atoms with van der Waals surface area (Å²) < 4.78 is 41.6. The Morgan fingerprint density at radius 3 is 2.79 bits per heavy atom. The largest absolute Gasteiger partial charge is 0.420 e. The fourth-order valence-corrected chi connectivity index (χ4v) is 5.06. The number of aliphatic hydroxyl groups is 1. The van der Waals surface area contributed by atoms with Crippen molar-refractivity contribution in [1.29, 1.82) is 0 Å². The molecule has 3 aliphatic heterocycles. The van der Waals surface area contributed by atoms with Gasteiger partial charge < -0.3 is 19.7 Å². The lowest BCUT2D eigenvalue weighted by Crippen LogP contribution is -2.43. The van der Waals surface area contributed by atoms with Gasteiger partial charge in [0.2, 0.25) is 11.8 Å². The summed E-state index contributed by atoms with van der Waals surface area (Å²) in [6.07, 6.45) is 2.96. The van der Waals surface area contributed by atoms with Crippen molar-refractivity contribution in [2.45, 2.75) is 56.3 Å². The van der Waals surface area contributed by atoms with Crippen LogP contribution in [0.2, 0.25) is 0 Å². The number of carbonyl (C=O) groups excluding carboxylic acids is 1. The smallest absolute Gasteiger partial charge is 0.418 e. The molecule has 28 heavy (non-hydrogen) atoms. The predicted octanol–water partition coefficient (Wildman–Crippen LogP) is -0.0794. The van der Waals surface area contributed by atoms with E-state index in [0.717, 1.165) is 37.3 Å². The summed E-state index contributed by atoms with van der Waals surface area (Å²) in [7, 11) is -4.81. The molecule has 4 atom stereocenters. The number of carbonyl (C=O) groups is 1. The molecule has 1 aromatic rings. The van der Waals surface area contributed by atoms with E-state index in [0.29, 0.717) is 6.42 Å². The van der Waals surface area contributed by atoms with Crippen molar-refractivity contribution in [1.82, 2.24) is 25.5 Å². The molecule has 3 N–H and O–H groups in total. The van der Waals surface area contributed by atoms with Crippen molar-refractivity contribution in [3.63, 3.8) is 0 Å². The topological polar surface area (TPSA) is 158 Å². The first-order valence-electron chi connectivity index (χ1n) is 9.29. The minimum atomic E-state index is -4.81. The monoisotopic (exact) mass is 415 g/mol. The maximum absolute atomic E-state index is 12.7. The van der Waals surface area contributed by atoms with Crippen LogP contribution in [0.25, 0.3) is 0 Å². The van der Waals surface area contributed by atoms with E-state index in [2.05, 4.69) is 19.8 Å². The number of aliphatic hydroxyl groups excluding tert-OH is 1. The minimum absolute atomic E-state index is 0.0964. The Bertz CT molecular complexity index is 894. The van der Waals surface area contributed by atoms with Crippen LogP contribution < -0.4 is 5.32 Å². The van der Waals surface area contributed by atoms with E-state index in [-0.39, 0.29) is 29.8 Å². The quantitative estimate of drug-likeness (QED) is 0.555. The maximum Gasteiger partial charge on any atom is 0.418 e. The molecule has 0 aromatic carbocycles. The number of piperidine rings is 1. The zero-order chi connectivity index (χ0) is 19.7. The van der Waals surface area contributed by atoms with Gasteiger partial charge in [0, 0.05) is 12.6 Å². The van der Waals surface area contributed by atoms with Crippen molar-refractivity contribution in [3.05, 3.63) is 11.8 Å². The zero-order valence-corrected chi connectivity index (χ0v) is 15.7. The molecule has 12 nitrogen and oxygen atoms in total. The van der Waals surface area contributed by atoms with Gasteiger partial charge in [-0.15, -0.1) is 14.5 Å². The Balaban J connectivity index is 1.41. The molecule has 4 fully saturated rings. The Kier molecular flexibility index (Phi) is 3.97. The molecule has 2 bridgehead atoms. The third-order valence-corrected chi connectivity index (χ3v) is 6.66. The van der Waals surface area contributed by atoms with Crippen molar-refractivity contribution >= 4 is 16.4 Å². The first-order valence-corrected chi connectivity index (χ1v) is 10.7. The Morgan fingerprint density at radius 1 is 1.36 bits per heavy atom. The fourth-order valence-electron chi connectivity index (χ4n) is 4.69. The number of hydrogen-bond donors (Lipinski definition) is 3. The van der Waals surface area contributed by atoms with Gasteiger partial charge in [-0.1, -0.05) is 0 Å². The average Bonchev–Trinajstić information content (AvgIpc) is 3.08. The van der Waals surface area contributed by atoms with E-state index in [9.17, 15) is 18.3 Å². The number of nitrogens with one attached hydrogen (secondary N) is 1. The van der Waals surface area contributed by atoms with Gasteiger partial charge >= 0.3 is 16.4 Å². The van der Waals surface area contributed by atoms with Gasteiger partial charge in [-0.2, -0.15) is 13.5 Å². The van der Waals surface area contributed by atoms with E-state index < -0.39 is 34.6 Å². The molecule has 13 heteroatoms. The fraction of sp³-hybridized carbons (Fsp3) is 0.800. The number of fused-ring (bicyclic) bond motifs is 3. The lowest BCUT2D eigenvalue weighted by atomic mass is 9.85. The summed E-state index contributed by atoms with van der Waals surface area (Å²) >= 11 is 0. The number of amides is 2. The zero-order valence-electron chi connectivity index (χ0n) is 14.9. The van der Waals surface area contributed by atoms with Crippen LogP contribution in [0.4, 0.5) is 4.79 Å². The van der Waals surface area contributed by atoms with Gasteiger partial charge in [0.05, 0.1) is 6.04 Å². The van der Waals surface area contributed by atoms with Gasteiger partial charge in [-0.25, -0.2) is 4.79 Å². The van der Waals surface area contributed by atoms with E-state index in [4.69, 9.17) is 8.97 Å². The van der Waals surface area contributed by atoms with Crippen LogP contribution in [0.5, 0.6) is 0 Å². The summed E-state index contributed by atoms with van der Waals surface area (Å²) in [5, 5.41) is 22.4. The summed E-state index contributed by atoms with van der Waals surface area (Å²) in [5.74, 6) is 0.304. The van der Waals surface area contributed by atoms with Gasteiger partial charge in [0.25, 0.3) is 0 Å². The average molecular weight is 415 g/mol. The van der Waals surface area contributed by atoms with Crippen LogP contribution in [0.1, 0.15) is 56.0 Å². The van der Waals surface area contributed by atoms with Crippen molar-refractivity contribution in [2.75, 3.05) is 13.1 Å².